The van der Waals surface area contributed by atoms with Crippen LogP contribution in [0.1, 0.15) is 60.8 Å². The van der Waals surface area contributed by atoms with E-state index in [1.54, 1.807) is 12.1 Å². The molecule has 3 heterocycles. The maximum atomic E-state index is 12.9. The molecule has 4 rings (SSSR count). The van der Waals surface area contributed by atoms with Gasteiger partial charge in [-0.15, -0.1) is 0 Å². The van der Waals surface area contributed by atoms with E-state index in [0.29, 0.717) is 30.4 Å². The molecule has 7 heteroatoms. The molecule has 0 spiro atoms. The van der Waals surface area contributed by atoms with Crippen LogP contribution in [0.15, 0.2) is 30.6 Å². The Morgan fingerprint density at radius 3 is 2.62 bits per heavy atom. The molecule has 1 N–H and O–H groups in total. The van der Waals surface area contributed by atoms with Crippen LogP contribution in [0.2, 0.25) is 5.02 Å². The van der Waals surface area contributed by atoms with E-state index in [4.69, 9.17) is 11.6 Å². The summed E-state index contributed by atoms with van der Waals surface area (Å²) in [7, 11) is 0. The van der Waals surface area contributed by atoms with Gasteiger partial charge in [0, 0.05) is 36.0 Å². The summed E-state index contributed by atoms with van der Waals surface area (Å²) in [6.07, 6.45) is 3.65. The van der Waals surface area contributed by atoms with Gasteiger partial charge in [0.1, 0.15) is 12.1 Å². The largest absolute Gasteiger partial charge is 0.342 e. The van der Waals surface area contributed by atoms with Crippen LogP contribution in [0.25, 0.3) is 0 Å². The Balaban J connectivity index is 1.45. The van der Waals surface area contributed by atoms with Gasteiger partial charge < -0.3 is 10.2 Å². The number of piperidine rings is 1. The first-order valence-electron chi connectivity index (χ1n) is 9.96. The van der Waals surface area contributed by atoms with Gasteiger partial charge in [0.25, 0.3) is 0 Å². The highest BCUT2D eigenvalue weighted by molar-refractivity contribution is 6.30. The lowest BCUT2D eigenvalue weighted by atomic mass is 9.84. The van der Waals surface area contributed by atoms with Crippen LogP contribution in [-0.2, 0) is 9.59 Å². The van der Waals surface area contributed by atoms with Crippen LogP contribution in [0.5, 0.6) is 0 Å². The number of nitrogens with one attached hydrogen (secondary N) is 1. The third kappa shape index (κ3) is 3.99. The van der Waals surface area contributed by atoms with Gasteiger partial charge >= 0.3 is 0 Å². The Kier molecular flexibility index (Phi) is 5.54. The first-order valence-corrected chi connectivity index (χ1v) is 10.3. The molecule has 1 aromatic carbocycles. The first kappa shape index (κ1) is 19.8. The number of anilines is 1. The monoisotopic (exact) mass is 411 g/mol. The number of carbonyl (C=O) groups is 2. The number of fused-ring (bicyclic) bond motifs is 1. The van der Waals surface area contributed by atoms with E-state index in [0.717, 1.165) is 29.7 Å². The zero-order valence-corrected chi connectivity index (χ0v) is 17.2. The summed E-state index contributed by atoms with van der Waals surface area (Å²) in [4.78, 5) is 35.4. The summed E-state index contributed by atoms with van der Waals surface area (Å²) in [5.74, 6) is 0.592. The lowest BCUT2D eigenvalue weighted by molar-refractivity contribution is -0.132. The molecule has 0 bridgehead atoms. The first-order chi connectivity index (χ1) is 13.9. The zero-order valence-electron chi connectivity index (χ0n) is 16.4. The highest BCUT2D eigenvalue weighted by Gasteiger charge is 2.33. The van der Waals surface area contributed by atoms with Crippen molar-refractivity contribution in [2.24, 2.45) is 0 Å². The summed E-state index contributed by atoms with van der Waals surface area (Å²) < 4.78 is 0. The lowest BCUT2D eigenvalue weighted by Gasteiger charge is -2.35. The predicted molar refractivity (Wildman–Crippen MR) is 112 cm³/mol. The fourth-order valence-electron chi connectivity index (χ4n) is 4.31. The summed E-state index contributed by atoms with van der Waals surface area (Å²) in [5.41, 5.74) is 2.93. The molecular formula is C22H24ClN4O2. The molecule has 0 aliphatic carbocycles. The zero-order chi connectivity index (χ0) is 20.5. The number of hydrogen-bond donors (Lipinski definition) is 1. The highest BCUT2D eigenvalue weighted by atomic mass is 35.5. The number of hydrogen-bond acceptors (Lipinski definition) is 4. The van der Waals surface area contributed by atoms with E-state index >= 15 is 0 Å². The Morgan fingerprint density at radius 1 is 1.24 bits per heavy atom. The maximum absolute atomic E-state index is 12.9. The van der Waals surface area contributed by atoms with Gasteiger partial charge in [0.15, 0.2) is 0 Å². The lowest BCUT2D eigenvalue weighted by Crippen LogP contribution is -2.40. The van der Waals surface area contributed by atoms with Gasteiger partial charge in [-0.2, -0.15) is 0 Å². The number of benzene rings is 1. The van der Waals surface area contributed by atoms with Crippen molar-refractivity contribution in [2.75, 3.05) is 18.4 Å². The van der Waals surface area contributed by atoms with Gasteiger partial charge in [-0.25, -0.2) is 9.97 Å². The van der Waals surface area contributed by atoms with Gasteiger partial charge in [-0.3, -0.25) is 9.59 Å². The van der Waals surface area contributed by atoms with Crippen molar-refractivity contribution < 1.29 is 9.59 Å². The number of amides is 2. The number of nitrogens with zero attached hydrogens (tertiary/aromatic N) is 3. The molecule has 151 valence electrons. The third-order valence-electron chi connectivity index (χ3n) is 5.92. The molecule has 1 unspecified atom stereocenters. The number of likely N-dealkylation sites (tertiary alicyclic amines) is 1. The van der Waals surface area contributed by atoms with Crippen LogP contribution in [0, 0.1) is 6.92 Å². The minimum absolute atomic E-state index is 0.00115. The molecule has 1 fully saturated rings. The summed E-state index contributed by atoms with van der Waals surface area (Å²) in [6.45, 7) is 7.45. The molecule has 2 aromatic rings. The second kappa shape index (κ2) is 8.11. The molecular weight excluding hydrogens is 388 g/mol. The summed E-state index contributed by atoms with van der Waals surface area (Å²) >= 11 is 5.94. The minimum Gasteiger partial charge on any atom is -0.342 e. The van der Waals surface area contributed by atoms with Gasteiger partial charge in [-0.1, -0.05) is 30.7 Å². The van der Waals surface area contributed by atoms with Crippen molar-refractivity contribution in [2.45, 2.75) is 43.9 Å². The van der Waals surface area contributed by atoms with Crippen molar-refractivity contribution in [3.05, 3.63) is 59.4 Å². The molecule has 1 saturated heterocycles. The Hall–Kier alpha value is -2.47. The number of aromatic nitrogens is 2. The molecule has 2 atom stereocenters. The molecule has 2 amide bonds. The average Bonchev–Trinajstić information content (AvgIpc) is 2.72. The van der Waals surface area contributed by atoms with Crippen molar-refractivity contribution in [1.29, 1.82) is 0 Å². The molecule has 6 nitrogen and oxygen atoms in total. The maximum Gasteiger partial charge on any atom is 0.230 e. The van der Waals surface area contributed by atoms with E-state index in [1.165, 1.54) is 6.33 Å². The van der Waals surface area contributed by atoms with Crippen LogP contribution in [0.3, 0.4) is 0 Å². The topological polar surface area (TPSA) is 75.2 Å². The minimum atomic E-state index is -0.439. The average molecular weight is 412 g/mol. The van der Waals surface area contributed by atoms with Gasteiger partial charge in [0.2, 0.25) is 11.8 Å². The quantitative estimate of drug-likeness (QED) is 0.831. The van der Waals surface area contributed by atoms with Gasteiger partial charge in [0.05, 0.1) is 11.6 Å². The molecule has 29 heavy (non-hydrogen) atoms. The van der Waals surface area contributed by atoms with E-state index < -0.39 is 5.92 Å². The predicted octanol–water partition coefficient (Wildman–Crippen LogP) is 3.90. The Morgan fingerprint density at radius 2 is 1.93 bits per heavy atom. The number of carbonyl (C=O) groups excluding carboxylic acids is 2. The Labute approximate surface area is 175 Å². The van der Waals surface area contributed by atoms with Crippen molar-refractivity contribution in [1.82, 2.24) is 14.9 Å². The van der Waals surface area contributed by atoms with Crippen LogP contribution >= 0.6 is 11.6 Å². The normalized spacial score (nSPS) is 20.7. The van der Waals surface area contributed by atoms with Gasteiger partial charge in [-0.05, 0) is 43.4 Å². The SMILES string of the molecule is [CH2]C(C(=O)N1CCC(c2ncnc3c2[C@H](C)CC(=O)N3)CC1)c1ccc(Cl)cc1. The fourth-order valence-corrected chi connectivity index (χ4v) is 4.44. The van der Waals surface area contributed by atoms with E-state index in [2.05, 4.69) is 22.2 Å². The van der Waals surface area contributed by atoms with Crippen LogP contribution in [-0.4, -0.2) is 39.8 Å². The number of rotatable bonds is 3. The Bertz CT molecular complexity index is 923. The van der Waals surface area contributed by atoms with Crippen LogP contribution < -0.4 is 5.32 Å². The van der Waals surface area contributed by atoms with E-state index in [9.17, 15) is 9.59 Å². The summed E-state index contributed by atoms with van der Waals surface area (Å²) in [5, 5.41) is 3.51. The molecule has 0 saturated carbocycles. The van der Waals surface area contributed by atoms with Crippen molar-refractivity contribution >= 4 is 29.2 Å². The van der Waals surface area contributed by atoms with E-state index in [-0.39, 0.29) is 23.7 Å². The second-order valence-electron chi connectivity index (χ2n) is 7.88. The molecule has 1 aromatic heterocycles. The standard InChI is InChI=1S/C22H24ClN4O2/c1-13-11-18(28)26-21-19(13)20(24-12-25-21)16-7-9-27(10-8-16)22(29)14(2)15-3-5-17(23)6-4-15/h3-6,12-14,16H,2,7-11H2,1H3,(H,24,25,26,28)/t13-,14?/m1/s1. The number of halogens is 1. The third-order valence-corrected chi connectivity index (χ3v) is 6.17. The smallest absolute Gasteiger partial charge is 0.230 e. The highest BCUT2D eigenvalue weighted by Crippen LogP contribution is 2.38. The van der Waals surface area contributed by atoms with E-state index in [1.807, 2.05) is 24.0 Å². The molecule has 2 aliphatic rings. The van der Waals surface area contributed by atoms with Crippen molar-refractivity contribution in [3.8, 4) is 0 Å². The fraction of sp³-hybridized carbons (Fsp3) is 0.409. The van der Waals surface area contributed by atoms with Crippen LogP contribution in [0.4, 0.5) is 5.82 Å². The van der Waals surface area contributed by atoms with Crippen molar-refractivity contribution in [3.63, 3.8) is 0 Å². The summed E-state index contributed by atoms with van der Waals surface area (Å²) in [6, 6.07) is 7.28. The molecule has 2 aliphatic heterocycles. The second-order valence-corrected chi connectivity index (χ2v) is 8.31. The molecule has 1 radical (unpaired) electrons.